The van der Waals surface area contributed by atoms with Gasteiger partial charge in [-0.3, -0.25) is 0 Å². The van der Waals surface area contributed by atoms with E-state index in [1.54, 1.807) is 6.07 Å². The van der Waals surface area contributed by atoms with Crippen molar-refractivity contribution in [3.63, 3.8) is 0 Å². The number of morpholine rings is 1. The van der Waals surface area contributed by atoms with Gasteiger partial charge in [0, 0.05) is 18.7 Å². The summed E-state index contributed by atoms with van der Waals surface area (Å²) in [5.41, 5.74) is 0.352. The molecule has 0 radical (unpaired) electrons. The molecular formula is C11H14FNO3. The van der Waals surface area contributed by atoms with Crippen molar-refractivity contribution in [3.05, 3.63) is 23.5 Å². The highest BCUT2D eigenvalue weighted by atomic mass is 19.1. The third kappa shape index (κ3) is 1.96. The molecule has 16 heavy (non-hydrogen) atoms. The molecule has 1 aliphatic rings. The van der Waals surface area contributed by atoms with Gasteiger partial charge in [-0.05, 0) is 12.1 Å². The summed E-state index contributed by atoms with van der Waals surface area (Å²) in [6.45, 7) is 1.85. The van der Waals surface area contributed by atoms with E-state index in [1.165, 1.54) is 13.2 Å². The highest BCUT2D eigenvalue weighted by molar-refractivity contribution is 5.44. The smallest absolute Gasteiger partial charge is 0.194 e. The van der Waals surface area contributed by atoms with Gasteiger partial charge in [-0.2, -0.15) is 0 Å². The van der Waals surface area contributed by atoms with Crippen LogP contribution in [0.2, 0.25) is 0 Å². The first-order valence-corrected chi connectivity index (χ1v) is 5.11. The summed E-state index contributed by atoms with van der Waals surface area (Å²) in [5.74, 6) is -1.01. The molecule has 2 rings (SSSR count). The lowest BCUT2D eigenvalue weighted by Crippen LogP contribution is -2.33. The van der Waals surface area contributed by atoms with Crippen LogP contribution in [0.25, 0.3) is 0 Å². The Morgan fingerprint density at radius 2 is 2.38 bits per heavy atom. The molecule has 0 aliphatic carbocycles. The zero-order valence-electron chi connectivity index (χ0n) is 9.00. The van der Waals surface area contributed by atoms with Gasteiger partial charge in [-0.1, -0.05) is 0 Å². The molecule has 1 atom stereocenters. The quantitative estimate of drug-likeness (QED) is 0.797. The predicted octanol–water partition coefficient (Wildman–Crippen LogP) is 1.20. The van der Waals surface area contributed by atoms with Crippen molar-refractivity contribution in [2.24, 2.45) is 0 Å². The van der Waals surface area contributed by atoms with Gasteiger partial charge in [0.1, 0.15) is 0 Å². The van der Waals surface area contributed by atoms with Crippen molar-refractivity contribution >= 4 is 0 Å². The molecule has 1 unspecified atom stereocenters. The highest BCUT2D eigenvalue weighted by Crippen LogP contribution is 2.34. The van der Waals surface area contributed by atoms with E-state index >= 15 is 0 Å². The van der Waals surface area contributed by atoms with Crippen molar-refractivity contribution in [1.29, 1.82) is 0 Å². The Kier molecular flexibility index (Phi) is 3.26. The lowest BCUT2D eigenvalue weighted by atomic mass is 10.1. The molecule has 1 aromatic carbocycles. The maximum absolute atomic E-state index is 13.8. The second kappa shape index (κ2) is 4.67. The fourth-order valence-electron chi connectivity index (χ4n) is 1.74. The van der Waals surface area contributed by atoms with E-state index in [0.29, 0.717) is 18.7 Å². The number of hydrogen-bond donors (Lipinski definition) is 2. The molecule has 1 fully saturated rings. The normalized spacial score (nSPS) is 20.8. The number of methoxy groups -OCH3 is 1. The van der Waals surface area contributed by atoms with Crippen molar-refractivity contribution < 1.29 is 19.0 Å². The number of hydrogen-bond acceptors (Lipinski definition) is 4. The molecule has 0 aromatic heterocycles. The molecule has 0 saturated carbocycles. The van der Waals surface area contributed by atoms with Crippen LogP contribution in [0.1, 0.15) is 11.7 Å². The molecule has 88 valence electrons. The zero-order chi connectivity index (χ0) is 11.5. The summed E-state index contributed by atoms with van der Waals surface area (Å²) in [6.07, 6.45) is -0.356. The standard InChI is InChI=1S/C11H14FNO3/c1-15-8-3-2-7(10(12)11(8)14)9-6-13-4-5-16-9/h2-3,9,13-14H,4-6H2,1H3. The summed E-state index contributed by atoms with van der Waals surface area (Å²) >= 11 is 0. The first-order chi connectivity index (χ1) is 7.74. The molecule has 1 heterocycles. The lowest BCUT2D eigenvalue weighted by Gasteiger charge is -2.24. The Labute approximate surface area is 93.0 Å². The molecular weight excluding hydrogens is 213 g/mol. The van der Waals surface area contributed by atoms with E-state index in [4.69, 9.17) is 9.47 Å². The minimum Gasteiger partial charge on any atom is -0.502 e. The Bertz CT molecular complexity index is 378. The van der Waals surface area contributed by atoms with Crippen LogP contribution in [0.4, 0.5) is 4.39 Å². The van der Waals surface area contributed by atoms with Crippen LogP contribution in [-0.2, 0) is 4.74 Å². The van der Waals surface area contributed by atoms with Crippen LogP contribution in [0, 0.1) is 5.82 Å². The minimum absolute atomic E-state index is 0.130. The van der Waals surface area contributed by atoms with Crippen LogP contribution in [0.15, 0.2) is 12.1 Å². The zero-order valence-corrected chi connectivity index (χ0v) is 9.00. The maximum atomic E-state index is 13.8. The van der Waals surface area contributed by atoms with E-state index < -0.39 is 11.6 Å². The monoisotopic (exact) mass is 227 g/mol. The number of rotatable bonds is 2. The molecule has 4 nitrogen and oxygen atoms in total. The van der Waals surface area contributed by atoms with Gasteiger partial charge < -0.3 is 19.9 Å². The Morgan fingerprint density at radius 1 is 1.56 bits per heavy atom. The fourth-order valence-corrected chi connectivity index (χ4v) is 1.74. The summed E-state index contributed by atoms with van der Waals surface area (Å²) < 4.78 is 24.0. The molecule has 1 aliphatic heterocycles. The van der Waals surface area contributed by atoms with Crippen molar-refractivity contribution in [3.8, 4) is 11.5 Å². The highest BCUT2D eigenvalue weighted by Gasteiger charge is 2.22. The van der Waals surface area contributed by atoms with E-state index in [1.807, 2.05) is 0 Å². The molecule has 5 heteroatoms. The minimum atomic E-state index is -0.673. The Hall–Kier alpha value is -1.33. The number of halogens is 1. The van der Waals surface area contributed by atoms with Crippen LogP contribution in [0.5, 0.6) is 11.5 Å². The average molecular weight is 227 g/mol. The van der Waals surface area contributed by atoms with Crippen molar-refractivity contribution in [2.45, 2.75) is 6.10 Å². The van der Waals surface area contributed by atoms with Gasteiger partial charge in [0.05, 0.1) is 19.8 Å². The Morgan fingerprint density at radius 3 is 3.00 bits per heavy atom. The third-order valence-corrected chi connectivity index (χ3v) is 2.60. The summed E-state index contributed by atoms with van der Waals surface area (Å²) in [6, 6.07) is 3.11. The van der Waals surface area contributed by atoms with Gasteiger partial charge in [0.2, 0.25) is 0 Å². The number of nitrogens with one attached hydrogen (secondary N) is 1. The summed E-state index contributed by atoms with van der Waals surface area (Å²) in [7, 11) is 1.38. The van der Waals surface area contributed by atoms with Crippen LogP contribution in [0.3, 0.4) is 0 Å². The first kappa shape index (κ1) is 11.2. The summed E-state index contributed by atoms with van der Waals surface area (Å²) in [4.78, 5) is 0. The number of phenols is 1. The van der Waals surface area contributed by atoms with E-state index in [0.717, 1.165) is 6.54 Å². The average Bonchev–Trinajstić information content (AvgIpc) is 2.34. The van der Waals surface area contributed by atoms with Crippen LogP contribution in [-0.4, -0.2) is 31.9 Å². The van der Waals surface area contributed by atoms with Gasteiger partial charge in [-0.15, -0.1) is 0 Å². The molecule has 2 N–H and O–H groups in total. The topological polar surface area (TPSA) is 50.7 Å². The van der Waals surface area contributed by atoms with Crippen LogP contribution >= 0.6 is 0 Å². The SMILES string of the molecule is COc1ccc(C2CNCCO2)c(F)c1O. The number of phenolic OH excluding ortho intramolecular Hbond substituents is 1. The van der Waals surface area contributed by atoms with E-state index in [2.05, 4.69) is 5.32 Å². The molecule has 1 saturated heterocycles. The van der Waals surface area contributed by atoms with Gasteiger partial charge >= 0.3 is 0 Å². The molecule has 0 bridgehead atoms. The fraction of sp³-hybridized carbons (Fsp3) is 0.455. The van der Waals surface area contributed by atoms with Crippen molar-refractivity contribution in [1.82, 2.24) is 5.32 Å². The largest absolute Gasteiger partial charge is 0.502 e. The predicted molar refractivity (Wildman–Crippen MR) is 56.2 cm³/mol. The second-order valence-electron chi connectivity index (χ2n) is 3.58. The van der Waals surface area contributed by atoms with Gasteiger partial charge in [0.15, 0.2) is 17.3 Å². The van der Waals surface area contributed by atoms with Gasteiger partial charge in [-0.25, -0.2) is 4.39 Å². The van der Waals surface area contributed by atoms with Crippen molar-refractivity contribution in [2.75, 3.05) is 26.8 Å². The number of benzene rings is 1. The second-order valence-corrected chi connectivity index (χ2v) is 3.58. The number of aromatic hydroxyl groups is 1. The number of ether oxygens (including phenoxy) is 2. The van der Waals surface area contributed by atoms with Crippen LogP contribution < -0.4 is 10.1 Å². The third-order valence-electron chi connectivity index (χ3n) is 2.60. The van der Waals surface area contributed by atoms with E-state index in [-0.39, 0.29) is 11.9 Å². The Balaban J connectivity index is 2.30. The lowest BCUT2D eigenvalue weighted by molar-refractivity contribution is 0.0252. The molecule has 0 amide bonds. The first-order valence-electron chi connectivity index (χ1n) is 5.11. The maximum Gasteiger partial charge on any atom is 0.194 e. The van der Waals surface area contributed by atoms with E-state index in [9.17, 15) is 9.50 Å². The molecule has 1 aromatic rings. The van der Waals surface area contributed by atoms with Gasteiger partial charge in [0.25, 0.3) is 0 Å². The summed E-state index contributed by atoms with van der Waals surface area (Å²) in [5, 5.41) is 12.6. The molecule has 0 spiro atoms.